The van der Waals surface area contributed by atoms with Crippen LogP contribution in [0.15, 0.2) is 24.3 Å². The Morgan fingerprint density at radius 1 is 1.35 bits per heavy atom. The minimum atomic E-state index is -4.45. The fourth-order valence-corrected chi connectivity index (χ4v) is 1.50. The molecule has 0 aromatic heterocycles. The molecule has 0 saturated heterocycles. The zero-order chi connectivity index (χ0) is 15.2. The normalized spacial score (nSPS) is 12.8. The van der Waals surface area contributed by atoms with Gasteiger partial charge in [0.05, 0.1) is 6.61 Å². The highest BCUT2D eigenvalue weighted by atomic mass is 19.4. The van der Waals surface area contributed by atoms with E-state index in [-0.39, 0.29) is 18.8 Å². The van der Waals surface area contributed by atoms with Crippen molar-refractivity contribution >= 4 is 5.97 Å². The second kappa shape index (κ2) is 7.14. The highest BCUT2D eigenvalue weighted by Gasteiger charge is 2.29. The Labute approximate surface area is 114 Å². The lowest BCUT2D eigenvalue weighted by Crippen LogP contribution is -2.26. The first kappa shape index (κ1) is 16.3. The maximum atomic E-state index is 12.1. The van der Waals surface area contributed by atoms with Crippen LogP contribution in [0, 0.1) is 0 Å². The molecule has 1 aromatic carbocycles. The van der Waals surface area contributed by atoms with Crippen LogP contribution in [0.4, 0.5) is 13.2 Å². The largest absolute Gasteiger partial charge is 0.484 e. The van der Waals surface area contributed by atoms with Crippen LogP contribution in [0.2, 0.25) is 0 Å². The molecule has 20 heavy (non-hydrogen) atoms. The van der Waals surface area contributed by atoms with Gasteiger partial charge in [0.2, 0.25) is 0 Å². The molecule has 0 radical (unpaired) electrons. The molecule has 1 atom stereocenters. The van der Waals surface area contributed by atoms with Crippen molar-refractivity contribution in [1.29, 1.82) is 0 Å². The van der Waals surface area contributed by atoms with Gasteiger partial charge < -0.3 is 14.6 Å². The quantitative estimate of drug-likeness (QED) is 0.816. The second-order valence-corrected chi connectivity index (χ2v) is 3.98. The lowest BCUT2D eigenvalue weighted by Gasteiger charge is -2.15. The van der Waals surface area contributed by atoms with Crippen LogP contribution >= 0.6 is 0 Å². The predicted octanol–water partition coefficient (Wildman–Crippen LogP) is 2.09. The summed E-state index contributed by atoms with van der Waals surface area (Å²) in [6.07, 6.45) is -6.06. The van der Waals surface area contributed by atoms with E-state index in [1.54, 1.807) is 13.0 Å². The van der Waals surface area contributed by atoms with Crippen LogP contribution in [0.5, 0.6) is 5.75 Å². The first-order valence-electron chi connectivity index (χ1n) is 5.95. The van der Waals surface area contributed by atoms with Crippen molar-refractivity contribution in [3.8, 4) is 5.75 Å². The minimum Gasteiger partial charge on any atom is -0.484 e. The maximum absolute atomic E-state index is 12.1. The van der Waals surface area contributed by atoms with Gasteiger partial charge in [-0.3, -0.25) is 0 Å². The number of hydrogen-bond acceptors (Lipinski definition) is 4. The minimum absolute atomic E-state index is 0.0202. The number of carbonyl (C=O) groups is 1. The van der Waals surface area contributed by atoms with Gasteiger partial charge in [-0.15, -0.1) is 0 Å². The molecule has 0 fully saturated rings. The van der Waals surface area contributed by atoms with Gasteiger partial charge in [-0.05, 0) is 18.6 Å². The molecule has 0 bridgehead atoms. The summed E-state index contributed by atoms with van der Waals surface area (Å²) in [5, 5.41) is 9.60. The van der Waals surface area contributed by atoms with Crippen molar-refractivity contribution in [3.05, 3.63) is 29.8 Å². The molecule has 0 amide bonds. The van der Waals surface area contributed by atoms with Gasteiger partial charge in [0.1, 0.15) is 5.75 Å². The van der Waals surface area contributed by atoms with E-state index in [0.717, 1.165) is 0 Å². The number of carbonyl (C=O) groups excluding carboxylic acids is 1. The highest BCUT2D eigenvalue weighted by molar-refractivity contribution is 5.74. The van der Waals surface area contributed by atoms with Gasteiger partial charge in [0.25, 0.3) is 0 Å². The molecule has 0 aliphatic carbocycles. The van der Waals surface area contributed by atoms with Crippen LogP contribution < -0.4 is 4.74 Å². The van der Waals surface area contributed by atoms with E-state index in [4.69, 9.17) is 0 Å². The van der Waals surface area contributed by atoms with Crippen molar-refractivity contribution in [2.45, 2.75) is 25.6 Å². The number of halogens is 3. The molecule has 112 valence electrons. The number of aliphatic hydroxyl groups is 1. The number of para-hydroxylation sites is 1. The van der Waals surface area contributed by atoms with Gasteiger partial charge in [-0.1, -0.05) is 18.2 Å². The molecule has 0 aliphatic rings. The van der Waals surface area contributed by atoms with Gasteiger partial charge in [0, 0.05) is 6.42 Å². The number of benzene rings is 1. The number of aliphatic hydroxyl groups excluding tert-OH is 1. The summed E-state index contributed by atoms with van der Waals surface area (Å²) in [5.41, 5.74) is 0.303. The fraction of sp³-hybridized carbons (Fsp3) is 0.462. The van der Waals surface area contributed by atoms with E-state index in [0.29, 0.717) is 5.56 Å². The molecule has 7 heteroatoms. The van der Waals surface area contributed by atoms with E-state index >= 15 is 0 Å². The average molecular weight is 292 g/mol. The predicted molar refractivity (Wildman–Crippen MR) is 64.3 cm³/mol. The Morgan fingerprint density at radius 3 is 2.60 bits per heavy atom. The maximum Gasteiger partial charge on any atom is 0.422 e. The zero-order valence-electron chi connectivity index (χ0n) is 10.8. The van der Waals surface area contributed by atoms with E-state index < -0.39 is 24.9 Å². The Hall–Kier alpha value is -1.76. The first-order chi connectivity index (χ1) is 9.33. The third-order valence-corrected chi connectivity index (χ3v) is 2.34. The Bertz CT molecular complexity index is 445. The molecule has 4 nitrogen and oxygen atoms in total. The third-order valence-electron chi connectivity index (χ3n) is 2.34. The Balaban J connectivity index is 2.72. The van der Waals surface area contributed by atoms with Gasteiger partial charge in [-0.25, -0.2) is 4.79 Å². The zero-order valence-corrected chi connectivity index (χ0v) is 10.8. The first-order valence-corrected chi connectivity index (χ1v) is 5.95. The fourth-order valence-electron chi connectivity index (χ4n) is 1.50. The molecule has 1 N–H and O–H groups in total. The van der Waals surface area contributed by atoms with Gasteiger partial charge >= 0.3 is 12.1 Å². The smallest absolute Gasteiger partial charge is 0.422 e. The molecule has 0 unspecified atom stereocenters. The number of rotatable bonds is 6. The van der Waals surface area contributed by atoms with Gasteiger partial charge in [0.15, 0.2) is 12.7 Å². The Morgan fingerprint density at radius 2 is 2.00 bits per heavy atom. The number of hydrogen-bond donors (Lipinski definition) is 1. The summed E-state index contributed by atoms with van der Waals surface area (Å²) >= 11 is 0. The monoisotopic (exact) mass is 292 g/mol. The lowest BCUT2D eigenvalue weighted by molar-refractivity contribution is -0.154. The summed E-state index contributed by atoms with van der Waals surface area (Å²) in [4.78, 5) is 11.3. The second-order valence-electron chi connectivity index (χ2n) is 3.98. The molecule has 1 rings (SSSR count). The van der Waals surface area contributed by atoms with E-state index in [2.05, 4.69) is 9.47 Å². The van der Waals surface area contributed by atoms with Crippen LogP contribution in [-0.4, -0.2) is 36.6 Å². The van der Waals surface area contributed by atoms with E-state index in [1.165, 1.54) is 18.2 Å². The molecule has 1 aromatic rings. The average Bonchev–Trinajstić information content (AvgIpc) is 2.37. The topological polar surface area (TPSA) is 55.8 Å². The Kier molecular flexibility index (Phi) is 5.82. The van der Waals surface area contributed by atoms with E-state index in [1.807, 2.05) is 0 Å². The highest BCUT2D eigenvalue weighted by Crippen LogP contribution is 2.23. The third kappa shape index (κ3) is 5.48. The number of alkyl halides is 3. The molecule has 0 aliphatic heterocycles. The molecule has 0 saturated carbocycles. The summed E-state index contributed by atoms with van der Waals surface area (Å²) in [6.45, 7) is 0.270. The van der Waals surface area contributed by atoms with E-state index in [9.17, 15) is 23.1 Å². The lowest BCUT2D eigenvalue weighted by atomic mass is 10.1. The van der Waals surface area contributed by atoms with Crippen molar-refractivity contribution < 1.29 is 32.5 Å². The molecular formula is C13H15F3O4. The summed E-state index contributed by atoms with van der Waals surface area (Å²) in [7, 11) is 0. The summed E-state index contributed by atoms with van der Waals surface area (Å²) in [6, 6.07) is 5.91. The number of ether oxygens (including phenoxy) is 2. The van der Waals surface area contributed by atoms with Crippen LogP contribution in [0.25, 0.3) is 0 Å². The van der Waals surface area contributed by atoms with Crippen molar-refractivity contribution in [2.24, 2.45) is 0 Å². The standard InChI is InChI=1S/C13H15F3O4/c1-2-19-12(18)10(17)7-9-5-3-4-6-11(9)20-8-13(14,15)16/h3-6,10,17H,2,7-8H2,1H3/t10-/m0/s1. The van der Waals surface area contributed by atoms with Crippen molar-refractivity contribution in [1.82, 2.24) is 0 Å². The van der Waals surface area contributed by atoms with Gasteiger partial charge in [-0.2, -0.15) is 13.2 Å². The number of esters is 1. The summed E-state index contributed by atoms with van der Waals surface area (Å²) < 4.78 is 45.6. The molecular weight excluding hydrogens is 277 g/mol. The summed E-state index contributed by atoms with van der Waals surface area (Å²) in [5.74, 6) is -0.841. The SMILES string of the molecule is CCOC(=O)[C@@H](O)Cc1ccccc1OCC(F)(F)F. The van der Waals surface area contributed by atoms with Crippen molar-refractivity contribution in [3.63, 3.8) is 0 Å². The molecule has 0 heterocycles. The molecule has 0 spiro atoms. The van der Waals surface area contributed by atoms with Crippen LogP contribution in [0.3, 0.4) is 0 Å². The van der Waals surface area contributed by atoms with Crippen LogP contribution in [-0.2, 0) is 16.0 Å². The van der Waals surface area contributed by atoms with Crippen LogP contribution in [0.1, 0.15) is 12.5 Å². The van der Waals surface area contributed by atoms with Crippen molar-refractivity contribution in [2.75, 3.05) is 13.2 Å².